The highest BCUT2D eigenvalue weighted by molar-refractivity contribution is 5.61. The van der Waals surface area contributed by atoms with Crippen molar-refractivity contribution in [3.05, 3.63) is 72.4 Å². The summed E-state index contributed by atoms with van der Waals surface area (Å²) in [7, 11) is 0. The number of rotatable bonds is 2. The summed E-state index contributed by atoms with van der Waals surface area (Å²) >= 11 is 0. The highest BCUT2D eigenvalue weighted by Crippen LogP contribution is 2.30. The molecule has 3 rings (SSSR count). The van der Waals surface area contributed by atoms with E-state index in [0.717, 1.165) is 11.4 Å². The summed E-state index contributed by atoms with van der Waals surface area (Å²) in [4.78, 5) is 3.31. The summed E-state index contributed by atoms with van der Waals surface area (Å²) in [6, 6.07) is 18.9. The maximum absolute atomic E-state index is 10.1. The van der Waals surface area contributed by atoms with Crippen LogP contribution in [-0.4, -0.2) is 16.9 Å². The lowest BCUT2D eigenvalue weighted by Gasteiger charge is -2.21. The third-order valence-electron chi connectivity index (χ3n) is 3.13. The van der Waals surface area contributed by atoms with Crippen LogP contribution in [0.4, 0.5) is 11.4 Å². The maximum Gasteiger partial charge on any atom is 0.255 e. The van der Waals surface area contributed by atoms with Gasteiger partial charge in [0.05, 0.1) is 0 Å². The molecule has 0 spiro atoms. The molecule has 1 aliphatic rings. The first-order valence-electron chi connectivity index (χ1n) is 6.05. The zero-order chi connectivity index (χ0) is 13.2. The van der Waals surface area contributed by atoms with Gasteiger partial charge in [0.1, 0.15) is 6.67 Å². The third-order valence-corrected chi connectivity index (χ3v) is 3.13. The predicted octanol–water partition coefficient (Wildman–Crippen LogP) is 3.21. The van der Waals surface area contributed by atoms with Gasteiger partial charge in [-0.1, -0.05) is 36.4 Å². The van der Waals surface area contributed by atoms with Crippen molar-refractivity contribution in [3.63, 3.8) is 0 Å². The summed E-state index contributed by atoms with van der Waals surface area (Å²) in [5.41, 5.74) is 1.68. The summed E-state index contributed by atoms with van der Waals surface area (Å²) in [6.07, 6.45) is 0. The Labute approximate surface area is 111 Å². The minimum Gasteiger partial charge on any atom is -0.491 e. The van der Waals surface area contributed by atoms with Crippen molar-refractivity contribution in [2.24, 2.45) is 0 Å². The Hall–Kier alpha value is -2.62. The molecule has 0 bridgehead atoms. The number of hydrogen-bond acceptors (Lipinski definition) is 4. The Morgan fingerprint density at radius 3 is 1.37 bits per heavy atom. The Bertz CT molecular complexity index is 543. The molecule has 0 saturated carbocycles. The average Bonchev–Trinajstić information content (AvgIpc) is 2.77. The van der Waals surface area contributed by atoms with Gasteiger partial charge in [0, 0.05) is 11.4 Å². The van der Waals surface area contributed by atoms with Crippen molar-refractivity contribution in [1.82, 2.24) is 0 Å². The molecule has 0 saturated heterocycles. The Kier molecular flexibility index (Phi) is 2.76. The fraction of sp³-hybridized carbons (Fsp3) is 0.0667. The molecule has 4 nitrogen and oxygen atoms in total. The van der Waals surface area contributed by atoms with Crippen molar-refractivity contribution >= 4 is 11.4 Å². The number of nitrogens with zero attached hydrogens (tertiary/aromatic N) is 2. The fourth-order valence-corrected chi connectivity index (χ4v) is 2.14. The second kappa shape index (κ2) is 4.57. The van der Waals surface area contributed by atoms with E-state index >= 15 is 0 Å². The van der Waals surface area contributed by atoms with Crippen molar-refractivity contribution in [3.8, 4) is 0 Å². The quantitative estimate of drug-likeness (QED) is 0.864. The maximum atomic E-state index is 10.1. The van der Waals surface area contributed by atoms with E-state index in [1.807, 2.05) is 60.7 Å². The lowest BCUT2D eigenvalue weighted by Crippen LogP contribution is -2.27. The van der Waals surface area contributed by atoms with Crippen LogP contribution in [0.15, 0.2) is 72.4 Å². The third kappa shape index (κ3) is 1.97. The molecule has 19 heavy (non-hydrogen) atoms. The van der Waals surface area contributed by atoms with E-state index in [1.165, 1.54) is 0 Å². The molecule has 1 heterocycles. The van der Waals surface area contributed by atoms with E-state index in [0.29, 0.717) is 6.67 Å². The molecular formula is C15H14N2O2. The van der Waals surface area contributed by atoms with Gasteiger partial charge in [-0.25, -0.2) is 0 Å². The van der Waals surface area contributed by atoms with E-state index in [4.69, 9.17) is 0 Å². The largest absolute Gasteiger partial charge is 0.491 e. The number of para-hydroxylation sites is 2. The summed E-state index contributed by atoms with van der Waals surface area (Å²) in [6.45, 7) is 0.381. The van der Waals surface area contributed by atoms with Crippen LogP contribution >= 0.6 is 0 Å². The highest BCUT2D eigenvalue weighted by atomic mass is 16.3. The summed E-state index contributed by atoms with van der Waals surface area (Å²) in [5.74, 6) is -0.259. The van der Waals surface area contributed by atoms with Crippen LogP contribution in [-0.2, 0) is 0 Å². The molecule has 0 radical (unpaired) electrons. The second-order valence-corrected chi connectivity index (χ2v) is 4.32. The zero-order valence-corrected chi connectivity index (χ0v) is 10.3. The van der Waals surface area contributed by atoms with E-state index in [2.05, 4.69) is 0 Å². The molecule has 2 aromatic carbocycles. The lowest BCUT2D eigenvalue weighted by atomic mass is 10.3. The SMILES string of the molecule is OC1=C(O)N(c2ccccc2)CN1c1ccccc1. The molecule has 0 aromatic heterocycles. The van der Waals surface area contributed by atoms with E-state index in [1.54, 1.807) is 9.80 Å². The minimum absolute atomic E-state index is 0.130. The van der Waals surface area contributed by atoms with Crippen LogP contribution in [0, 0.1) is 0 Å². The number of anilines is 2. The van der Waals surface area contributed by atoms with Crippen LogP contribution in [0.5, 0.6) is 0 Å². The van der Waals surface area contributed by atoms with E-state index in [9.17, 15) is 10.2 Å². The normalized spacial score (nSPS) is 15.2. The van der Waals surface area contributed by atoms with Gasteiger partial charge < -0.3 is 10.2 Å². The standard InChI is InChI=1S/C15H14N2O2/c18-14-15(19)17(13-9-5-2-6-10-13)11-16(14)12-7-3-1-4-8-12/h1-10,18-19H,11H2. The van der Waals surface area contributed by atoms with Crippen LogP contribution in [0.3, 0.4) is 0 Å². The molecule has 96 valence electrons. The van der Waals surface area contributed by atoms with Crippen LogP contribution < -0.4 is 9.80 Å². The average molecular weight is 254 g/mol. The van der Waals surface area contributed by atoms with Gasteiger partial charge in [-0.2, -0.15) is 0 Å². The molecule has 1 aliphatic heterocycles. The molecule has 0 aliphatic carbocycles. The van der Waals surface area contributed by atoms with Crippen LogP contribution in [0.1, 0.15) is 0 Å². The first kappa shape index (κ1) is 11.5. The zero-order valence-electron chi connectivity index (χ0n) is 10.3. The predicted molar refractivity (Wildman–Crippen MR) is 75.0 cm³/mol. The highest BCUT2D eigenvalue weighted by Gasteiger charge is 2.30. The van der Waals surface area contributed by atoms with Gasteiger partial charge >= 0.3 is 0 Å². The topological polar surface area (TPSA) is 46.9 Å². The second-order valence-electron chi connectivity index (χ2n) is 4.32. The number of aliphatic hydroxyl groups is 2. The van der Waals surface area contributed by atoms with Gasteiger partial charge in [-0.3, -0.25) is 9.80 Å². The monoisotopic (exact) mass is 254 g/mol. The first-order valence-corrected chi connectivity index (χ1v) is 6.05. The Morgan fingerprint density at radius 1 is 0.632 bits per heavy atom. The van der Waals surface area contributed by atoms with Gasteiger partial charge in [0.15, 0.2) is 0 Å². The van der Waals surface area contributed by atoms with Crippen LogP contribution in [0.25, 0.3) is 0 Å². The van der Waals surface area contributed by atoms with E-state index in [-0.39, 0.29) is 11.8 Å². The smallest absolute Gasteiger partial charge is 0.255 e. The molecule has 2 aromatic rings. The molecule has 2 N–H and O–H groups in total. The fourth-order valence-electron chi connectivity index (χ4n) is 2.14. The van der Waals surface area contributed by atoms with Crippen molar-refractivity contribution in [1.29, 1.82) is 0 Å². The molecular weight excluding hydrogens is 240 g/mol. The van der Waals surface area contributed by atoms with Crippen molar-refractivity contribution < 1.29 is 10.2 Å². The van der Waals surface area contributed by atoms with Crippen molar-refractivity contribution in [2.45, 2.75) is 0 Å². The Balaban J connectivity index is 1.94. The first-order chi connectivity index (χ1) is 9.27. The Morgan fingerprint density at radius 2 is 1.00 bits per heavy atom. The van der Waals surface area contributed by atoms with Crippen LogP contribution in [0.2, 0.25) is 0 Å². The number of aliphatic hydroxyl groups excluding tert-OH is 2. The van der Waals surface area contributed by atoms with Gasteiger partial charge in [0.25, 0.3) is 11.8 Å². The molecule has 0 fully saturated rings. The molecule has 0 atom stereocenters. The van der Waals surface area contributed by atoms with E-state index < -0.39 is 0 Å². The minimum atomic E-state index is -0.130. The molecule has 4 heteroatoms. The van der Waals surface area contributed by atoms with Gasteiger partial charge in [-0.15, -0.1) is 0 Å². The molecule has 0 unspecified atom stereocenters. The molecule has 0 amide bonds. The number of hydrogen-bond donors (Lipinski definition) is 2. The van der Waals surface area contributed by atoms with Crippen molar-refractivity contribution in [2.75, 3.05) is 16.5 Å². The van der Waals surface area contributed by atoms with Gasteiger partial charge in [-0.05, 0) is 24.3 Å². The summed E-state index contributed by atoms with van der Waals surface area (Å²) in [5, 5.41) is 20.1. The lowest BCUT2D eigenvalue weighted by molar-refractivity contribution is 0.329. The number of benzene rings is 2. The van der Waals surface area contributed by atoms with Gasteiger partial charge in [0.2, 0.25) is 0 Å². The summed E-state index contributed by atoms with van der Waals surface area (Å²) < 4.78 is 0.